The Morgan fingerprint density at radius 2 is 1.76 bits per heavy atom. The smallest absolute Gasteiger partial charge is 0.263 e. The highest BCUT2D eigenvalue weighted by Crippen LogP contribution is 2.29. The van der Waals surface area contributed by atoms with Gasteiger partial charge in [-0.1, -0.05) is 37.6 Å². The summed E-state index contributed by atoms with van der Waals surface area (Å²) in [5, 5.41) is 0. The first-order valence-electron chi connectivity index (χ1n) is 12.6. The summed E-state index contributed by atoms with van der Waals surface area (Å²) in [5.74, 6) is 0.574. The summed E-state index contributed by atoms with van der Waals surface area (Å²) >= 11 is 0. The summed E-state index contributed by atoms with van der Waals surface area (Å²) in [7, 11) is -2.26. The van der Waals surface area contributed by atoms with Crippen LogP contribution in [0.25, 0.3) is 0 Å². The van der Waals surface area contributed by atoms with Crippen LogP contribution in [0.3, 0.4) is 0 Å². The number of anilines is 2. The molecule has 1 N–H and O–H groups in total. The van der Waals surface area contributed by atoms with E-state index in [4.69, 9.17) is 4.74 Å². The minimum atomic E-state index is -3.90. The minimum Gasteiger partial charge on any atom is -0.495 e. The van der Waals surface area contributed by atoms with Crippen LogP contribution in [0.2, 0.25) is 0 Å². The van der Waals surface area contributed by atoms with Gasteiger partial charge in [-0.15, -0.1) is 0 Å². The molecular formula is C28H34N4O4S. The Morgan fingerprint density at radius 3 is 2.43 bits per heavy atom. The number of sulfonamides is 1. The first-order chi connectivity index (χ1) is 17.8. The molecule has 0 saturated carbocycles. The zero-order chi connectivity index (χ0) is 26.4. The summed E-state index contributed by atoms with van der Waals surface area (Å²) in [4.78, 5) is 21.5. The summed E-state index contributed by atoms with van der Waals surface area (Å²) < 4.78 is 34.3. The zero-order valence-corrected chi connectivity index (χ0v) is 22.4. The number of para-hydroxylation sites is 2. The van der Waals surface area contributed by atoms with Crippen molar-refractivity contribution in [2.24, 2.45) is 0 Å². The Morgan fingerprint density at radius 1 is 1.05 bits per heavy atom. The highest BCUT2D eigenvalue weighted by atomic mass is 32.2. The van der Waals surface area contributed by atoms with Crippen molar-refractivity contribution in [2.75, 3.05) is 42.9 Å². The van der Waals surface area contributed by atoms with E-state index in [-0.39, 0.29) is 10.8 Å². The van der Waals surface area contributed by atoms with Gasteiger partial charge >= 0.3 is 0 Å². The van der Waals surface area contributed by atoms with Gasteiger partial charge in [-0.25, -0.2) is 8.42 Å². The summed E-state index contributed by atoms with van der Waals surface area (Å²) in [6.07, 6.45) is 4.45. The molecule has 0 radical (unpaired) electrons. The predicted octanol–water partition coefficient (Wildman–Crippen LogP) is 4.50. The molecule has 3 aromatic rings. The third kappa shape index (κ3) is 6.22. The number of nitrogens with one attached hydrogen (secondary N) is 1. The third-order valence-corrected chi connectivity index (χ3v) is 7.97. The van der Waals surface area contributed by atoms with Gasteiger partial charge in [-0.05, 0) is 55.7 Å². The molecule has 1 saturated heterocycles. The van der Waals surface area contributed by atoms with Crippen molar-refractivity contribution >= 4 is 27.3 Å². The number of benzene rings is 2. The fourth-order valence-corrected chi connectivity index (χ4v) is 5.45. The van der Waals surface area contributed by atoms with E-state index in [1.807, 2.05) is 36.4 Å². The van der Waals surface area contributed by atoms with E-state index in [9.17, 15) is 13.2 Å². The Kier molecular flexibility index (Phi) is 8.33. The monoisotopic (exact) mass is 522 g/mol. The molecule has 1 amide bonds. The molecule has 1 aliphatic rings. The molecule has 0 unspecified atom stereocenters. The van der Waals surface area contributed by atoms with E-state index in [0.717, 1.165) is 30.7 Å². The van der Waals surface area contributed by atoms with Crippen LogP contribution in [-0.4, -0.2) is 57.5 Å². The average molecular weight is 523 g/mol. The minimum absolute atomic E-state index is 0.0378. The maximum atomic E-state index is 13.4. The van der Waals surface area contributed by atoms with Crippen LogP contribution in [0.5, 0.6) is 5.75 Å². The fourth-order valence-electron chi connectivity index (χ4n) is 4.42. The maximum absolute atomic E-state index is 13.4. The lowest BCUT2D eigenvalue weighted by atomic mass is 10.1. The highest BCUT2D eigenvalue weighted by molar-refractivity contribution is 7.92. The largest absolute Gasteiger partial charge is 0.495 e. The van der Waals surface area contributed by atoms with Crippen LogP contribution in [0.1, 0.15) is 41.4 Å². The Balaban J connectivity index is 1.46. The van der Waals surface area contributed by atoms with Crippen LogP contribution in [0.4, 0.5) is 11.4 Å². The van der Waals surface area contributed by atoms with E-state index >= 15 is 0 Å². The second-order valence-electron chi connectivity index (χ2n) is 9.16. The lowest BCUT2D eigenvalue weighted by Gasteiger charge is -2.36. The third-order valence-electron chi connectivity index (χ3n) is 6.62. The number of ether oxygens (including phenoxy) is 1. The number of unbranched alkanes of at least 4 members (excludes halogenated alkanes) is 1. The van der Waals surface area contributed by atoms with Crippen molar-refractivity contribution in [3.05, 3.63) is 77.6 Å². The van der Waals surface area contributed by atoms with Crippen LogP contribution < -0.4 is 14.4 Å². The number of hydrogen-bond acceptors (Lipinski definition) is 6. The van der Waals surface area contributed by atoms with Gasteiger partial charge in [0.25, 0.3) is 15.9 Å². The van der Waals surface area contributed by atoms with Crippen molar-refractivity contribution in [2.45, 2.75) is 38.0 Å². The zero-order valence-electron chi connectivity index (χ0n) is 21.6. The Hall–Kier alpha value is -3.59. The molecule has 1 aromatic heterocycles. The first kappa shape index (κ1) is 26.5. The van der Waals surface area contributed by atoms with Crippen molar-refractivity contribution in [3.63, 3.8) is 0 Å². The standard InChI is InChI=1S/C28H34N4O4S/c1-4-5-8-22-11-13-23(14-12-22)30-37(34,35)24-19-25(21(2)29-20-24)28(33)32-17-15-31(16-18-32)26-9-6-7-10-27(26)36-3/h6-7,9-14,19-20,30H,4-5,8,15-18H2,1-3H3. The first-order valence-corrected chi connectivity index (χ1v) is 14.1. The molecule has 4 rings (SSSR count). The van der Waals surface area contributed by atoms with Crippen molar-refractivity contribution in [3.8, 4) is 5.75 Å². The summed E-state index contributed by atoms with van der Waals surface area (Å²) in [5.41, 5.74) is 3.43. The van der Waals surface area contributed by atoms with Crippen LogP contribution in [-0.2, 0) is 16.4 Å². The topological polar surface area (TPSA) is 91.8 Å². The number of piperazine rings is 1. The van der Waals surface area contributed by atoms with E-state index in [0.29, 0.717) is 43.1 Å². The molecule has 8 nitrogen and oxygen atoms in total. The number of rotatable bonds is 9. The van der Waals surface area contributed by atoms with Gasteiger partial charge in [0.15, 0.2) is 0 Å². The van der Waals surface area contributed by atoms with Crippen LogP contribution in [0.15, 0.2) is 65.7 Å². The molecule has 9 heteroatoms. The summed E-state index contributed by atoms with van der Waals surface area (Å²) in [6, 6.07) is 16.6. The highest BCUT2D eigenvalue weighted by Gasteiger charge is 2.26. The molecule has 1 aliphatic heterocycles. The SMILES string of the molecule is CCCCc1ccc(NS(=O)(=O)c2cnc(C)c(C(=O)N3CCN(c4ccccc4OC)CC3)c2)cc1. The van der Waals surface area contributed by atoms with Crippen LogP contribution in [0, 0.1) is 6.92 Å². The van der Waals surface area contributed by atoms with Crippen molar-refractivity contribution < 1.29 is 17.9 Å². The van der Waals surface area contributed by atoms with E-state index in [1.165, 1.54) is 17.8 Å². The Bertz CT molecular complexity index is 1330. The van der Waals surface area contributed by atoms with E-state index < -0.39 is 10.0 Å². The summed E-state index contributed by atoms with van der Waals surface area (Å²) in [6.45, 7) is 6.17. The van der Waals surface area contributed by atoms with Gasteiger partial charge in [-0.2, -0.15) is 0 Å². The lowest BCUT2D eigenvalue weighted by molar-refractivity contribution is 0.0745. The fraction of sp³-hybridized carbons (Fsp3) is 0.357. The molecule has 37 heavy (non-hydrogen) atoms. The molecule has 0 aliphatic carbocycles. The number of hydrogen-bond donors (Lipinski definition) is 1. The van der Waals surface area contributed by atoms with E-state index in [1.54, 1.807) is 31.1 Å². The van der Waals surface area contributed by atoms with Crippen molar-refractivity contribution in [1.29, 1.82) is 0 Å². The predicted molar refractivity (Wildman–Crippen MR) is 146 cm³/mol. The number of aryl methyl sites for hydroxylation is 2. The molecule has 1 fully saturated rings. The molecule has 2 heterocycles. The second-order valence-corrected chi connectivity index (χ2v) is 10.8. The van der Waals surface area contributed by atoms with Crippen LogP contribution >= 0.6 is 0 Å². The molecule has 0 bridgehead atoms. The number of carbonyl (C=O) groups is 1. The number of methoxy groups -OCH3 is 1. The quantitative estimate of drug-likeness (QED) is 0.445. The van der Waals surface area contributed by atoms with Crippen molar-refractivity contribution in [1.82, 2.24) is 9.88 Å². The maximum Gasteiger partial charge on any atom is 0.263 e. The lowest BCUT2D eigenvalue weighted by Crippen LogP contribution is -2.49. The van der Waals surface area contributed by atoms with Gasteiger partial charge in [0.05, 0.1) is 24.1 Å². The molecular weight excluding hydrogens is 488 g/mol. The van der Waals surface area contributed by atoms with Gasteiger partial charge < -0.3 is 14.5 Å². The van der Waals surface area contributed by atoms with Gasteiger partial charge in [0, 0.05) is 38.1 Å². The normalized spacial score (nSPS) is 13.9. The second kappa shape index (κ2) is 11.6. The number of nitrogens with zero attached hydrogens (tertiary/aromatic N) is 3. The number of aromatic nitrogens is 1. The Labute approximate surface area is 219 Å². The van der Waals surface area contributed by atoms with Gasteiger partial charge in [0.2, 0.25) is 0 Å². The number of carbonyl (C=O) groups excluding carboxylic acids is 1. The van der Waals surface area contributed by atoms with Gasteiger partial charge in [-0.3, -0.25) is 14.5 Å². The molecule has 0 atom stereocenters. The van der Waals surface area contributed by atoms with E-state index in [2.05, 4.69) is 21.5 Å². The molecule has 2 aromatic carbocycles. The average Bonchev–Trinajstić information content (AvgIpc) is 2.92. The number of amides is 1. The molecule has 0 spiro atoms. The van der Waals surface area contributed by atoms with Gasteiger partial charge in [0.1, 0.15) is 10.6 Å². The molecule has 196 valence electrons. The number of pyridine rings is 1.